The number of halogens is 1. The van der Waals surface area contributed by atoms with Crippen molar-refractivity contribution in [3.8, 4) is 0 Å². The first kappa shape index (κ1) is 15.3. The minimum atomic E-state index is -0.645. The molecule has 25 heavy (non-hydrogen) atoms. The van der Waals surface area contributed by atoms with Crippen LogP contribution < -0.4 is 16.0 Å². The molecule has 126 valence electrons. The van der Waals surface area contributed by atoms with Crippen molar-refractivity contribution in [3.05, 3.63) is 86.7 Å². The van der Waals surface area contributed by atoms with E-state index in [2.05, 4.69) is 5.10 Å². The third-order valence-corrected chi connectivity index (χ3v) is 4.22. The van der Waals surface area contributed by atoms with Crippen LogP contribution in [-0.4, -0.2) is 20.9 Å². The van der Waals surface area contributed by atoms with Crippen LogP contribution >= 0.6 is 0 Å². The molecule has 1 aliphatic heterocycles. The van der Waals surface area contributed by atoms with Crippen molar-refractivity contribution in [3.63, 3.8) is 0 Å². The van der Waals surface area contributed by atoms with Crippen LogP contribution in [0.2, 0.25) is 0 Å². The first-order valence-corrected chi connectivity index (χ1v) is 7.92. The van der Waals surface area contributed by atoms with Gasteiger partial charge in [-0.05, 0) is 29.8 Å². The summed E-state index contributed by atoms with van der Waals surface area (Å²) in [7, 11) is 0. The summed E-state index contributed by atoms with van der Waals surface area (Å²) in [5.74, 6) is 0.0643. The van der Waals surface area contributed by atoms with E-state index in [9.17, 15) is 14.0 Å². The van der Waals surface area contributed by atoms with E-state index in [0.29, 0.717) is 19.0 Å². The van der Waals surface area contributed by atoms with Crippen molar-refractivity contribution in [2.24, 2.45) is 0 Å². The molecule has 7 heteroatoms. The molecule has 0 saturated heterocycles. The van der Waals surface area contributed by atoms with Crippen LogP contribution in [0.25, 0.3) is 0 Å². The summed E-state index contributed by atoms with van der Waals surface area (Å²) in [5.41, 5.74) is 0.372. The first-order chi connectivity index (χ1) is 12.1. The number of hydrogen-bond acceptors (Lipinski definition) is 4. The standard InChI is InChI=1S/C18H15FN4O2/c19-14-6-8-15(9-7-14)21-10-11-22-16(24)17(25)23(20-18(21)22)12-13-4-2-1-3-5-13/h1-9H,10-12H2. The number of fused-ring (bicyclic) bond motifs is 1. The smallest absolute Gasteiger partial charge is 0.309 e. The predicted octanol–water partition coefficient (Wildman–Crippen LogP) is 1.74. The van der Waals surface area contributed by atoms with Crippen LogP contribution in [0.1, 0.15) is 5.56 Å². The van der Waals surface area contributed by atoms with E-state index < -0.39 is 11.1 Å². The third kappa shape index (κ3) is 2.73. The Balaban J connectivity index is 1.78. The highest BCUT2D eigenvalue weighted by Gasteiger charge is 2.25. The van der Waals surface area contributed by atoms with Gasteiger partial charge in [-0.2, -0.15) is 0 Å². The second kappa shape index (κ2) is 6.01. The monoisotopic (exact) mass is 338 g/mol. The molecular weight excluding hydrogens is 323 g/mol. The van der Waals surface area contributed by atoms with Gasteiger partial charge in [-0.1, -0.05) is 30.3 Å². The van der Waals surface area contributed by atoms with Gasteiger partial charge in [0.05, 0.1) is 6.54 Å². The van der Waals surface area contributed by atoms with Gasteiger partial charge < -0.3 is 4.90 Å². The summed E-state index contributed by atoms with van der Waals surface area (Å²) in [5, 5.41) is 4.39. The summed E-state index contributed by atoms with van der Waals surface area (Å²) in [6, 6.07) is 15.3. The number of nitrogens with zero attached hydrogens (tertiary/aromatic N) is 4. The Kier molecular flexibility index (Phi) is 3.68. The van der Waals surface area contributed by atoms with Crippen molar-refractivity contribution in [2.75, 3.05) is 11.4 Å². The van der Waals surface area contributed by atoms with Gasteiger partial charge in [0, 0.05) is 18.8 Å². The summed E-state index contributed by atoms with van der Waals surface area (Å²) in [4.78, 5) is 26.5. The van der Waals surface area contributed by atoms with E-state index in [-0.39, 0.29) is 12.4 Å². The van der Waals surface area contributed by atoms with Gasteiger partial charge in [-0.15, -0.1) is 5.10 Å². The fraction of sp³-hybridized carbons (Fsp3) is 0.167. The maximum absolute atomic E-state index is 13.2. The normalized spacial score (nSPS) is 13.1. The van der Waals surface area contributed by atoms with Gasteiger partial charge in [0.15, 0.2) is 0 Å². The molecule has 4 rings (SSSR count). The molecule has 0 saturated carbocycles. The summed E-state index contributed by atoms with van der Waals surface area (Å²) in [6.45, 7) is 1.10. The van der Waals surface area contributed by atoms with Gasteiger partial charge in [-0.3, -0.25) is 14.2 Å². The average molecular weight is 338 g/mol. The van der Waals surface area contributed by atoms with Crippen LogP contribution in [0.3, 0.4) is 0 Å². The largest absolute Gasteiger partial charge is 0.333 e. The molecule has 0 radical (unpaired) electrons. The van der Waals surface area contributed by atoms with E-state index in [1.54, 1.807) is 12.1 Å². The topological polar surface area (TPSA) is 60.1 Å². The molecule has 0 aliphatic carbocycles. The molecule has 0 fully saturated rings. The van der Waals surface area contributed by atoms with Crippen molar-refractivity contribution in [1.29, 1.82) is 0 Å². The molecule has 1 aromatic heterocycles. The molecule has 6 nitrogen and oxygen atoms in total. The van der Waals surface area contributed by atoms with E-state index in [4.69, 9.17) is 0 Å². The molecule has 2 heterocycles. The van der Waals surface area contributed by atoms with Crippen molar-refractivity contribution in [1.82, 2.24) is 14.3 Å². The highest BCUT2D eigenvalue weighted by molar-refractivity contribution is 5.58. The lowest BCUT2D eigenvalue weighted by molar-refractivity contribution is 0.591. The molecule has 3 aromatic rings. The summed E-state index contributed by atoms with van der Waals surface area (Å²) < 4.78 is 15.7. The molecule has 2 aromatic carbocycles. The number of anilines is 2. The highest BCUT2D eigenvalue weighted by Crippen LogP contribution is 2.26. The van der Waals surface area contributed by atoms with Crippen LogP contribution in [0.5, 0.6) is 0 Å². The Bertz CT molecular complexity index is 1030. The zero-order chi connectivity index (χ0) is 17.4. The molecular formula is C18H15FN4O2. The molecule has 0 atom stereocenters. The van der Waals surface area contributed by atoms with Gasteiger partial charge in [-0.25, -0.2) is 9.07 Å². The summed E-state index contributed by atoms with van der Waals surface area (Å²) in [6.07, 6.45) is 0. The maximum atomic E-state index is 13.2. The molecule has 0 unspecified atom stereocenters. The van der Waals surface area contributed by atoms with E-state index in [1.807, 2.05) is 35.2 Å². The molecule has 0 N–H and O–H groups in total. The second-order valence-electron chi connectivity index (χ2n) is 5.83. The molecule has 0 amide bonds. The number of benzene rings is 2. The van der Waals surface area contributed by atoms with Crippen molar-refractivity contribution in [2.45, 2.75) is 13.1 Å². The van der Waals surface area contributed by atoms with Crippen LogP contribution in [0.15, 0.2) is 64.2 Å². The van der Waals surface area contributed by atoms with Gasteiger partial charge in [0.25, 0.3) is 0 Å². The maximum Gasteiger partial charge on any atom is 0.333 e. The Labute approximate surface area is 142 Å². The molecule has 0 spiro atoms. The Morgan fingerprint density at radius 1 is 0.920 bits per heavy atom. The van der Waals surface area contributed by atoms with E-state index in [1.165, 1.54) is 21.4 Å². The Morgan fingerprint density at radius 3 is 2.36 bits per heavy atom. The molecule has 1 aliphatic rings. The van der Waals surface area contributed by atoms with E-state index >= 15 is 0 Å². The second-order valence-corrected chi connectivity index (χ2v) is 5.83. The number of aromatic nitrogens is 3. The average Bonchev–Trinajstić information content (AvgIpc) is 3.05. The lowest BCUT2D eigenvalue weighted by Gasteiger charge is -2.17. The SMILES string of the molecule is O=c1c(=O)n2c(nn1Cc1ccccc1)N(c1ccc(F)cc1)CC2. The quantitative estimate of drug-likeness (QED) is 0.683. The summed E-state index contributed by atoms with van der Waals surface area (Å²) >= 11 is 0. The van der Waals surface area contributed by atoms with Crippen LogP contribution in [0.4, 0.5) is 16.0 Å². The predicted molar refractivity (Wildman–Crippen MR) is 91.7 cm³/mol. The Hall–Kier alpha value is -3.22. The zero-order valence-corrected chi connectivity index (χ0v) is 13.3. The van der Waals surface area contributed by atoms with Gasteiger partial charge in [0.1, 0.15) is 5.82 Å². The fourth-order valence-corrected chi connectivity index (χ4v) is 2.95. The van der Waals surface area contributed by atoms with Crippen LogP contribution in [-0.2, 0) is 13.1 Å². The van der Waals surface area contributed by atoms with Crippen molar-refractivity contribution < 1.29 is 4.39 Å². The lowest BCUT2D eigenvalue weighted by atomic mass is 10.2. The molecule has 0 bridgehead atoms. The lowest BCUT2D eigenvalue weighted by Crippen LogP contribution is -2.42. The number of hydrogen-bond donors (Lipinski definition) is 0. The van der Waals surface area contributed by atoms with E-state index in [0.717, 1.165) is 11.3 Å². The van der Waals surface area contributed by atoms with Crippen molar-refractivity contribution >= 4 is 11.6 Å². The number of rotatable bonds is 3. The highest BCUT2D eigenvalue weighted by atomic mass is 19.1. The minimum Gasteiger partial charge on any atom is -0.309 e. The first-order valence-electron chi connectivity index (χ1n) is 7.92. The van der Waals surface area contributed by atoms with Gasteiger partial charge in [0.2, 0.25) is 5.95 Å². The third-order valence-electron chi connectivity index (χ3n) is 4.22. The fourth-order valence-electron chi connectivity index (χ4n) is 2.95. The Morgan fingerprint density at radius 2 is 1.64 bits per heavy atom. The minimum absolute atomic E-state index is 0.222. The van der Waals surface area contributed by atoms with Gasteiger partial charge >= 0.3 is 11.1 Å². The zero-order valence-electron chi connectivity index (χ0n) is 13.3. The van der Waals surface area contributed by atoms with Crippen LogP contribution in [0, 0.1) is 5.82 Å².